The average Bonchev–Trinajstić information content (AvgIpc) is 2.03. The summed E-state index contributed by atoms with van der Waals surface area (Å²) in [6, 6.07) is 0. The van der Waals surface area contributed by atoms with Gasteiger partial charge in [-0.1, -0.05) is 28.7 Å². The van der Waals surface area contributed by atoms with Gasteiger partial charge >= 0.3 is 0 Å². The Hall–Kier alpha value is 0.390. The van der Waals surface area contributed by atoms with E-state index in [9.17, 15) is 0 Å². The quantitative estimate of drug-likeness (QED) is 0.450. The van der Waals surface area contributed by atoms with Gasteiger partial charge in [-0.3, -0.25) is 0 Å². The zero-order valence-corrected chi connectivity index (χ0v) is 9.65. The molecule has 0 fully saturated rings. The molecule has 2 nitrogen and oxygen atoms in total. The van der Waals surface area contributed by atoms with Gasteiger partial charge in [-0.05, 0) is 26.3 Å². The van der Waals surface area contributed by atoms with Crippen molar-refractivity contribution in [2.24, 2.45) is 0 Å². The Kier molecular flexibility index (Phi) is 4.53. The monoisotopic (exact) mass is 282 g/mol. The number of alkyl halides is 1. The number of rotatable bonds is 3. The molecule has 0 N–H and O–H groups in total. The molecular formula is C9H15IO2. The second-order valence-electron chi connectivity index (χ2n) is 3.13. The summed E-state index contributed by atoms with van der Waals surface area (Å²) in [5, 5.41) is 0. The van der Waals surface area contributed by atoms with Gasteiger partial charge in [-0.2, -0.15) is 0 Å². The van der Waals surface area contributed by atoms with Gasteiger partial charge in [0, 0.05) is 4.43 Å². The molecule has 1 aliphatic rings. The normalized spacial score (nSPS) is 29.7. The molecule has 0 aliphatic carbocycles. The van der Waals surface area contributed by atoms with Gasteiger partial charge in [0.2, 0.25) is 0 Å². The van der Waals surface area contributed by atoms with E-state index in [0.717, 1.165) is 10.8 Å². The average molecular weight is 282 g/mol. The van der Waals surface area contributed by atoms with E-state index in [0.29, 0.717) is 6.10 Å². The molecule has 0 aromatic heterocycles. The number of hydrogen-bond donors (Lipinski definition) is 0. The predicted octanol–water partition coefficient (Wildman–Crippen LogP) is 2.52. The van der Waals surface area contributed by atoms with Crippen LogP contribution in [0.3, 0.4) is 0 Å². The van der Waals surface area contributed by atoms with Crippen molar-refractivity contribution in [2.45, 2.75) is 38.8 Å². The van der Waals surface area contributed by atoms with Crippen LogP contribution in [-0.4, -0.2) is 22.9 Å². The Balaban J connectivity index is 2.35. The van der Waals surface area contributed by atoms with Gasteiger partial charge in [0.15, 0.2) is 6.29 Å². The van der Waals surface area contributed by atoms with Gasteiger partial charge in [-0.25, -0.2) is 0 Å². The van der Waals surface area contributed by atoms with Crippen molar-refractivity contribution in [3.05, 3.63) is 12.2 Å². The zero-order valence-electron chi connectivity index (χ0n) is 7.50. The summed E-state index contributed by atoms with van der Waals surface area (Å²) in [6.07, 6.45) is 5.58. The minimum Gasteiger partial charge on any atom is -0.346 e. The molecule has 0 saturated carbocycles. The lowest BCUT2D eigenvalue weighted by Gasteiger charge is -2.25. The third-order valence-electron chi connectivity index (χ3n) is 1.60. The predicted molar refractivity (Wildman–Crippen MR) is 57.5 cm³/mol. The van der Waals surface area contributed by atoms with Crippen molar-refractivity contribution in [1.82, 2.24) is 0 Å². The maximum Gasteiger partial charge on any atom is 0.177 e. The molecule has 2 atom stereocenters. The lowest BCUT2D eigenvalue weighted by Crippen LogP contribution is -2.29. The first-order chi connectivity index (χ1) is 5.72. The molecule has 0 bridgehead atoms. The lowest BCUT2D eigenvalue weighted by molar-refractivity contribution is -0.159. The Bertz CT molecular complexity index is 157. The molecule has 3 heteroatoms. The van der Waals surface area contributed by atoms with Crippen molar-refractivity contribution in [1.29, 1.82) is 0 Å². The minimum atomic E-state index is -0.126. The Morgan fingerprint density at radius 1 is 1.67 bits per heavy atom. The van der Waals surface area contributed by atoms with Crippen LogP contribution in [0.1, 0.15) is 20.3 Å². The Morgan fingerprint density at radius 3 is 3.00 bits per heavy atom. The highest BCUT2D eigenvalue weighted by Gasteiger charge is 2.17. The highest BCUT2D eigenvalue weighted by atomic mass is 127. The molecule has 0 spiro atoms. The second-order valence-corrected chi connectivity index (χ2v) is 4.01. The molecule has 12 heavy (non-hydrogen) atoms. The van der Waals surface area contributed by atoms with Crippen LogP contribution in [0.5, 0.6) is 0 Å². The van der Waals surface area contributed by atoms with Crippen LogP contribution in [0.15, 0.2) is 12.2 Å². The van der Waals surface area contributed by atoms with E-state index in [1.807, 2.05) is 19.9 Å². The first kappa shape index (κ1) is 10.5. The van der Waals surface area contributed by atoms with E-state index in [1.54, 1.807) is 0 Å². The molecule has 0 amide bonds. The third kappa shape index (κ3) is 3.41. The van der Waals surface area contributed by atoms with E-state index >= 15 is 0 Å². The molecule has 1 rings (SSSR count). The fraction of sp³-hybridized carbons (Fsp3) is 0.778. The maximum atomic E-state index is 5.63. The summed E-state index contributed by atoms with van der Waals surface area (Å²) in [5.74, 6) is 0. The second kappa shape index (κ2) is 5.19. The minimum absolute atomic E-state index is 0.126. The Labute approximate surface area is 87.5 Å². The van der Waals surface area contributed by atoms with E-state index in [2.05, 4.69) is 28.7 Å². The SMILES string of the molecule is CC(C)O[C@H]1C=CC[C@H](CI)O1. The fourth-order valence-electron chi connectivity index (χ4n) is 1.08. The summed E-state index contributed by atoms with van der Waals surface area (Å²) >= 11 is 2.34. The van der Waals surface area contributed by atoms with Crippen LogP contribution in [0, 0.1) is 0 Å². The van der Waals surface area contributed by atoms with Crippen LogP contribution in [0.2, 0.25) is 0 Å². The highest BCUT2D eigenvalue weighted by molar-refractivity contribution is 14.1. The molecule has 0 saturated heterocycles. The molecular weight excluding hydrogens is 267 g/mol. The summed E-state index contributed by atoms with van der Waals surface area (Å²) in [6.45, 7) is 4.04. The molecule has 0 aromatic carbocycles. The van der Waals surface area contributed by atoms with Crippen molar-refractivity contribution < 1.29 is 9.47 Å². The zero-order chi connectivity index (χ0) is 8.97. The van der Waals surface area contributed by atoms with Crippen LogP contribution in [-0.2, 0) is 9.47 Å². The highest BCUT2D eigenvalue weighted by Crippen LogP contribution is 2.16. The molecule has 0 radical (unpaired) electrons. The molecule has 1 aliphatic heterocycles. The summed E-state index contributed by atoms with van der Waals surface area (Å²) in [4.78, 5) is 0. The van der Waals surface area contributed by atoms with Crippen molar-refractivity contribution in [2.75, 3.05) is 4.43 Å². The maximum absolute atomic E-state index is 5.63. The molecule has 70 valence electrons. The van der Waals surface area contributed by atoms with E-state index in [1.165, 1.54) is 0 Å². The van der Waals surface area contributed by atoms with Crippen LogP contribution in [0.25, 0.3) is 0 Å². The molecule has 0 aromatic rings. The van der Waals surface area contributed by atoms with Crippen LogP contribution in [0.4, 0.5) is 0 Å². The number of ether oxygens (including phenoxy) is 2. The molecule has 1 heterocycles. The van der Waals surface area contributed by atoms with Gasteiger partial charge in [0.25, 0.3) is 0 Å². The number of halogens is 1. The van der Waals surface area contributed by atoms with Gasteiger partial charge < -0.3 is 9.47 Å². The van der Waals surface area contributed by atoms with Crippen molar-refractivity contribution in [3.63, 3.8) is 0 Å². The summed E-state index contributed by atoms with van der Waals surface area (Å²) in [5.41, 5.74) is 0. The topological polar surface area (TPSA) is 18.5 Å². The van der Waals surface area contributed by atoms with Crippen molar-refractivity contribution >= 4 is 22.6 Å². The van der Waals surface area contributed by atoms with Gasteiger partial charge in [0.1, 0.15) is 0 Å². The lowest BCUT2D eigenvalue weighted by atomic mass is 10.2. The van der Waals surface area contributed by atoms with Crippen LogP contribution < -0.4 is 0 Å². The van der Waals surface area contributed by atoms with Crippen molar-refractivity contribution in [3.8, 4) is 0 Å². The first-order valence-electron chi connectivity index (χ1n) is 4.26. The Morgan fingerprint density at radius 2 is 2.42 bits per heavy atom. The first-order valence-corrected chi connectivity index (χ1v) is 5.78. The number of hydrogen-bond acceptors (Lipinski definition) is 2. The van der Waals surface area contributed by atoms with Gasteiger partial charge in [0.05, 0.1) is 12.2 Å². The van der Waals surface area contributed by atoms with E-state index < -0.39 is 0 Å². The summed E-state index contributed by atoms with van der Waals surface area (Å²) < 4.78 is 12.2. The fourth-order valence-corrected chi connectivity index (χ4v) is 1.64. The standard InChI is InChI=1S/C9H15IO2/c1-7(2)11-9-5-3-4-8(6-10)12-9/h3,5,7-9H,4,6H2,1-2H3/t8-,9-/m1/s1. The summed E-state index contributed by atoms with van der Waals surface area (Å²) in [7, 11) is 0. The molecule has 0 unspecified atom stereocenters. The van der Waals surface area contributed by atoms with Gasteiger partial charge in [-0.15, -0.1) is 0 Å². The largest absolute Gasteiger partial charge is 0.346 e. The van der Waals surface area contributed by atoms with Crippen LogP contribution >= 0.6 is 22.6 Å². The van der Waals surface area contributed by atoms with E-state index in [4.69, 9.17) is 9.47 Å². The van der Waals surface area contributed by atoms with E-state index in [-0.39, 0.29) is 12.4 Å². The smallest absolute Gasteiger partial charge is 0.177 e. The third-order valence-corrected chi connectivity index (χ3v) is 2.58.